The summed E-state index contributed by atoms with van der Waals surface area (Å²) in [6.45, 7) is 0. The summed E-state index contributed by atoms with van der Waals surface area (Å²) in [6.07, 6.45) is 0. The molecule has 0 aliphatic rings. The number of hydrogen-bond donors (Lipinski definition) is 3. The summed E-state index contributed by atoms with van der Waals surface area (Å²) in [5.41, 5.74) is 15.4. The predicted molar refractivity (Wildman–Crippen MR) is 47.6 cm³/mol. The Bertz CT molecular complexity index is 295. The maximum atomic E-state index is 8.55. The van der Waals surface area contributed by atoms with Crippen molar-refractivity contribution in [3.8, 4) is 0 Å². The van der Waals surface area contributed by atoms with Crippen LogP contribution in [0.2, 0.25) is 0 Å². The zero-order valence-corrected chi connectivity index (χ0v) is 8.89. The minimum atomic E-state index is -5.39. The van der Waals surface area contributed by atoms with E-state index in [0.717, 1.165) is 0 Å². The minimum absolute atomic E-state index is 0. The molecule has 1 aromatic heterocycles. The van der Waals surface area contributed by atoms with E-state index in [1.807, 2.05) is 0 Å². The Labute approximate surface area is 87.8 Å². The van der Waals surface area contributed by atoms with E-state index in [4.69, 9.17) is 36.4 Å². The molecule has 1 aromatic rings. The number of nitrogens with two attached hydrogens (primary N) is 3. The molecule has 0 unspecified atom stereocenters. The van der Waals surface area contributed by atoms with Crippen molar-refractivity contribution in [2.24, 2.45) is 0 Å². The summed E-state index contributed by atoms with van der Waals surface area (Å²) in [4.78, 5) is 36.1. The molecule has 0 bridgehead atoms. The molecule has 0 amide bonds. The van der Waals surface area contributed by atoms with E-state index in [1.54, 1.807) is 0 Å². The summed E-state index contributed by atoms with van der Waals surface area (Å²) in [6, 6.07) is 0. The van der Waals surface area contributed by atoms with Crippen LogP contribution >= 0.6 is 17.7 Å². The van der Waals surface area contributed by atoms with Gasteiger partial charge in [-0.2, -0.15) is 22.8 Å². The number of hydrogen-bond acceptors (Lipinski definition) is 10. The van der Waals surface area contributed by atoms with Gasteiger partial charge in [-0.1, -0.05) is 0 Å². The molecular weight excluding hydrogens is 246 g/mol. The van der Waals surface area contributed by atoms with Gasteiger partial charge in [0.15, 0.2) is 0 Å². The van der Waals surface area contributed by atoms with Crippen molar-refractivity contribution in [3.05, 3.63) is 0 Å². The SMILES string of the molecule is Nc1nc(N)nc(N)n1.O=P([O-])([O-])[O-].[P+3]. The van der Waals surface area contributed by atoms with Gasteiger partial charge in [0.1, 0.15) is 0 Å². The molecule has 0 saturated heterocycles. The largest absolute Gasteiger partial charge is 3.00 e. The van der Waals surface area contributed by atoms with E-state index in [-0.39, 0.29) is 27.7 Å². The van der Waals surface area contributed by atoms with Crippen molar-refractivity contribution in [1.82, 2.24) is 15.0 Å². The maximum absolute atomic E-state index is 8.55. The first kappa shape index (κ1) is 16.4. The van der Waals surface area contributed by atoms with E-state index < -0.39 is 7.82 Å². The fourth-order valence-electron chi connectivity index (χ4n) is 0.427. The molecule has 0 aliphatic heterocycles. The second-order valence-electron chi connectivity index (χ2n) is 1.86. The van der Waals surface area contributed by atoms with E-state index in [0.29, 0.717) is 0 Å². The van der Waals surface area contributed by atoms with Gasteiger partial charge in [0, 0.05) is 0 Å². The maximum Gasteiger partial charge on any atom is 3.00 e. The standard InChI is InChI=1S/C3H6N6.H3O4P.P/c4-1-7-2(5)9-3(6)8-1;1-5(2,3)4;/h(H6,4,5,6,7,8,9);(H3,1,2,3,4);/q;;+3/p-3. The third kappa shape index (κ3) is 12.9. The molecule has 0 aromatic carbocycles. The molecule has 0 spiro atoms. The first-order chi connectivity index (χ1) is 6.18. The van der Waals surface area contributed by atoms with Crippen LogP contribution in [0.4, 0.5) is 17.8 Å². The van der Waals surface area contributed by atoms with Gasteiger partial charge < -0.3 is 36.4 Å². The topological polar surface area (TPSA) is 203 Å². The van der Waals surface area contributed by atoms with E-state index in [9.17, 15) is 0 Å². The summed E-state index contributed by atoms with van der Waals surface area (Å²) in [7, 11) is -5.39. The van der Waals surface area contributed by atoms with Crippen molar-refractivity contribution >= 4 is 35.6 Å². The third-order valence-electron chi connectivity index (χ3n) is 0.687. The Hall–Kier alpha value is -1.05. The average Bonchev–Trinajstić information content (AvgIpc) is 1.77. The Kier molecular flexibility index (Phi) is 7.03. The van der Waals surface area contributed by atoms with Crippen molar-refractivity contribution in [2.45, 2.75) is 0 Å². The zero-order chi connectivity index (χ0) is 11.4. The quantitative estimate of drug-likeness (QED) is 0.391. The molecular formula is C3H6N6O4P2. The number of nitrogens with zero attached hydrogens (tertiary/aromatic N) is 3. The first-order valence-electron chi connectivity index (χ1n) is 2.94. The van der Waals surface area contributed by atoms with Crippen LogP contribution in [0.15, 0.2) is 0 Å². The van der Waals surface area contributed by atoms with Crippen LogP contribution in [-0.4, -0.2) is 15.0 Å². The number of nitrogen functional groups attached to an aromatic ring is 3. The van der Waals surface area contributed by atoms with Crippen LogP contribution in [0.1, 0.15) is 0 Å². The van der Waals surface area contributed by atoms with Crippen LogP contribution < -0.4 is 31.9 Å². The Morgan fingerprint density at radius 1 is 0.867 bits per heavy atom. The van der Waals surface area contributed by atoms with Gasteiger partial charge in [-0.25, -0.2) is 0 Å². The van der Waals surface area contributed by atoms with Crippen LogP contribution in [0, 0.1) is 0 Å². The van der Waals surface area contributed by atoms with Crippen molar-refractivity contribution in [1.29, 1.82) is 0 Å². The molecule has 0 atom stereocenters. The zero-order valence-electron chi connectivity index (χ0n) is 7.10. The molecule has 10 nitrogen and oxygen atoms in total. The molecule has 0 saturated carbocycles. The number of aromatic nitrogens is 3. The summed E-state index contributed by atoms with van der Waals surface area (Å²) < 4.78 is 8.55. The fourth-order valence-corrected chi connectivity index (χ4v) is 0.427. The van der Waals surface area contributed by atoms with Gasteiger partial charge in [0.05, 0.1) is 0 Å². The van der Waals surface area contributed by atoms with Crippen molar-refractivity contribution < 1.29 is 19.2 Å². The monoisotopic (exact) mass is 252 g/mol. The molecule has 0 fully saturated rings. The van der Waals surface area contributed by atoms with Gasteiger partial charge in [-0.05, 0) is 0 Å². The van der Waals surface area contributed by atoms with Crippen LogP contribution in [-0.2, 0) is 4.57 Å². The first-order valence-corrected chi connectivity index (χ1v) is 4.40. The van der Waals surface area contributed by atoms with E-state index in [2.05, 4.69) is 15.0 Å². The molecule has 0 aliphatic carbocycles. The van der Waals surface area contributed by atoms with Crippen LogP contribution in [0.25, 0.3) is 0 Å². The molecule has 2 radical (unpaired) electrons. The molecule has 82 valence electrons. The smallest absolute Gasteiger partial charge is 0.822 e. The molecule has 15 heavy (non-hydrogen) atoms. The molecule has 6 N–H and O–H groups in total. The Morgan fingerprint density at radius 3 is 1.13 bits per heavy atom. The molecule has 1 heterocycles. The number of anilines is 3. The number of rotatable bonds is 0. The number of phosphoric acid groups is 1. The second-order valence-corrected chi connectivity index (χ2v) is 2.75. The Morgan fingerprint density at radius 2 is 1.00 bits per heavy atom. The van der Waals surface area contributed by atoms with Gasteiger partial charge in [-0.3, -0.25) is 0 Å². The fraction of sp³-hybridized carbons (Fsp3) is 0. The van der Waals surface area contributed by atoms with E-state index in [1.165, 1.54) is 0 Å². The van der Waals surface area contributed by atoms with Crippen molar-refractivity contribution in [3.63, 3.8) is 0 Å². The average molecular weight is 252 g/mol. The minimum Gasteiger partial charge on any atom is -0.822 e. The van der Waals surface area contributed by atoms with Gasteiger partial charge in [0.2, 0.25) is 17.8 Å². The van der Waals surface area contributed by atoms with Crippen LogP contribution in [0.5, 0.6) is 0 Å². The van der Waals surface area contributed by atoms with Gasteiger partial charge in [0.25, 0.3) is 0 Å². The molecule has 1 rings (SSSR count). The Balaban J connectivity index is 0. The summed E-state index contributed by atoms with van der Waals surface area (Å²) in [5.74, 6) is 0.125. The predicted octanol–water partition coefficient (Wildman–Crippen LogP) is -3.35. The van der Waals surface area contributed by atoms with Crippen LogP contribution in [0.3, 0.4) is 0 Å². The van der Waals surface area contributed by atoms with Gasteiger partial charge in [-0.15, -0.1) is 0 Å². The summed E-state index contributed by atoms with van der Waals surface area (Å²) in [5, 5.41) is 0. The normalized spacial score (nSPS) is 9.53. The third-order valence-corrected chi connectivity index (χ3v) is 0.687. The summed E-state index contributed by atoms with van der Waals surface area (Å²) >= 11 is 0. The van der Waals surface area contributed by atoms with Gasteiger partial charge >= 0.3 is 9.90 Å². The van der Waals surface area contributed by atoms with Crippen molar-refractivity contribution in [2.75, 3.05) is 17.2 Å². The van der Waals surface area contributed by atoms with E-state index >= 15 is 0 Å². The molecule has 12 heteroatoms. The second kappa shape index (κ2) is 6.44.